The summed E-state index contributed by atoms with van der Waals surface area (Å²) in [5.41, 5.74) is 3.50. The van der Waals surface area contributed by atoms with Gasteiger partial charge in [0.1, 0.15) is 0 Å². The molecule has 0 fully saturated rings. The summed E-state index contributed by atoms with van der Waals surface area (Å²) < 4.78 is 5.31. The van der Waals surface area contributed by atoms with Crippen LogP contribution in [-0.2, 0) is 12.2 Å². The molecule has 0 bridgehead atoms. The number of benzene rings is 2. The second kappa shape index (κ2) is 8.22. The van der Waals surface area contributed by atoms with E-state index < -0.39 is 0 Å². The molecule has 0 aliphatic carbocycles. The van der Waals surface area contributed by atoms with E-state index in [1.54, 1.807) is 0 Å². The molecular formula is C21H18N4O2S. The van der Waals surface area contributed by atoms with E-state index in [1.807, 2.05) is 42.5 Å². The van der Waals surface area contributed by atoms with Gasteiger partial charge in [-0.3, -0.25) is 4.79 Å². The first kappa shape index (κ1) is 18.2. The largest absolute Gasteiger partial charge is 0.338 e. The standard InChI is InChI=1S/C21H18N4O2S/c1-2-14-8-10-15(11-9-14)17-12-18(26)23-21(22-17)28-13-19-24-20(25-27-19)16-6-4-3-5-7-16/h3-12H,2,13H2,1H3,(H,22,23,26). The molecule has 0 amide bonds. The highest BCUT2D eigenvalue weighted by atomic mass is 32.2. The number of nitrogens with one attached hydrogen (secondary N) is 1. The first-order chi connectivity index (χ1) is 13.7. The van der Waals surface area contributed by atoms with Crippen LogP contribution in [0.1, 0.15) is 18.4 Å². The number of aromatic amines is 1. The molecule has 0 saturated heterocycles. The third-order valence-corrected chi connectivity index (χ3v) is 5.07. The van der Waals surface area contributed by atoms with E-state index in [0.29, 0.717) is 28.3 Å². The molecule has 0 spiro atoms. The number of H-pyrrole nitrogens is 1. The second-order valence-electron chi connectivity index (χ2n) is 6.15. The Balaban J connectivity index is 1.50. The summed E-state index contributed by atoms with van der Waals surface area (Å²) in [6.45, 7) is 2.11. The maximum atomic E-state index is 12.0. The number of nitrogens with zero attached hydrogens (tertiary/aromatic N) is 3. The summed E-state index contributed by atoms with van der Waals surface area (Å²) in [5, 5.41) is 4.52. The zero-order valence-electron chi connectivity index (χ0n) is 15.3. The van der Waals surface area contributed by atoms with Gasteiger partial charge in [0.25, 0.3) is 5.56 Å². The zero-order valence-corrected chi connectivity index (χ0v) is 16.1. The van der Waals surface area contributed by atoms with Crippen molar-refractivity contribution in [2.45, 2.75) is 24.3 Å². The molecular weight excluding hydrogens is 372 g/mol. The van der Waals surface area contributed by atoms with Crippen LogP contribution in [0.3, 0.4) is 0 Å². The summed E-state index contributed by atoms with van der Waals surface area (Å²) in [6, 6.07) is 19.2. The lowest BCUT2D eigenvalue weighted by Gasteiger charge is -2.04. The zero-order chi connectivity index (χ0) is 19.3. The topological polar surface area (TPSA) is 84.7 Å². The van der Waals surface area contributed by atoms with Gasteiger partial charge in [-0.15, -0.1) is 0 Å². The molecule has 4 rings (SSSR count). The van der Waals surface area contributed by atoms with Crippen LogP contribution in [0.5, 0.6) is 0 Å². The van der Waals surface area contributed by atoms with Crippen molar-refractivity contribution < 1.29 is 4.52 Å². The monoisotopic (exact) mass is 390 g/mol. The summed E-state index contributed by atoms with van der Waals surface area (Å²) in [4.78, 5) is 23.8. The van der Waals surface area contributed by atoms with E-state index in [9.17, 15) is 4.79 Å². The third-order valence-electron chi connectivity index (χ3n) is 4.21. The van der Waals surface area contributed by atoms with Crippen LogP contribution in [0.2, 0.25) is 0 Å². The van der Waals surface area contributed by atoms with Gasteiger partial charge in [0.2, 0.25) is 11.7 Å². The minimum absolute atomic E-state index is 0.192. The summed E-state index contributed by atoms with van der Waals surface area (Å²) in [7, 11) is 0. The fourth-order valence-electron chi connectivity index (χ4n) is 2.71. The molecule has 0 unspecified atom stereocenters. The van der Waals surface area contributed by atoms with Crippen molar-refractivity contribution in [3.63, 3.8) is 0 Å². The second-order valence-corrected chi connectivity index (χ2v) is 7.12. The Hall–Kier alpha value is -3.19. The van der Waals surface area contributed by atoms with E-state index in [4.69, 9.17) is 4.52 Å². The van der Waals surface area contributed by atoms with Crippen LogP contribution in [0.15, 0.2) is 75.1 Å². The Bertz CT molecular complexity index is 1120. The van der Waals surface area contributed by atoms with E-state index in [0.717, 1.165) is 17.5 Å². The van der Waals surface area contributed by atoms with Gasteiger partial charge in [-0.25, -0.2) is 4.98 Å². The van der Waals surface area contributed by atoms with Gasteiger partial charge >= 0.3 is 0 Å². The van der Waals surface area contributed by atoms with Crippen LogP contribution in [0.25, 0.3) is 22.6 Å². The Labute approximate surface area is 166 Å². The minimum Gasteiger partial charge on any atom is -0.338 e. The Morgan fingerprint density at radius 1 is 1.00 bits per heavy atom. The van der Waals surface area contributed by atoms with Crippen LogP contribution in [0, 0.1) is 0 Å². The average molecular weight is 390 g/mol. The minimum atomic E-state index is -0.192. The highest BCUT2D eigenvalue weighted by molar-refractivity contribution is 7.98. The van der Waals surface area contributed by atoms with Crippen LogP contribution in [0.4, 0.5) is 0 Å². The Morgan fingerprint density at radius 2 is 1.79 bits per heavy atom. The van der Waals surface area contributed by atoms with Gasteiger partial charge in [-0.05, 0) is 12.0 Å². The van der Waals surface area contributed by atoms with Gasteiger partial charge in [0, 0.05) is 17.2 Å². The van der Waals surface area contributed by atoms with E-state index in [2.05, 4.69) is 39.2 Å². The first-order valence-corrected chi connectivity index (χ1v) is 9.91. The van der Waals surface area contributed by atoms with E-state index >= 15 is 0 Å². The number of rotatable bonds is 6. The number of hydrogen-bond acceptors (Lipinski definition) is 6. The van der Waals surface area contributed by atoms with Gasteiger partial charge in [-0.2, -0.15) is 4.98 Å². The quantitative estimate of drug-likeness (QED) is 0.389. The van der Waals surface area contributed by atoms with Crippen molar-refractivity contribution in [1.82, 2.24) is 20.1 Å². The normalized spacial score (nSPS) is 10.9. The molecule has 2 heterocycles. The lowest BCUT2D eigenvalue weighted by atomic mass is 10.1. The maximum absolute atomic E-state index is 12.0. The van der Waals surface area contributed by atoms with E-state index in [1.165, 1.54) is 23.4 Å². The molecule has 7 heteroatoms. The molecule has 1 N–H and O–H groups in total. The molecule has 0 aliphatic rings. The van der Waals surface area contributed by atoms with Crippen molar-refractivity contribution in [3.05, 3.63) is 82.5 Å². The first-order valence-electron chi connectivity index (χ1n) is 8.93. The van der Waals surface area contributed by atoms with E-state index in [-0.39, 0.29) is 5.56 Å². The number of hydrogen-bond donors (Lipinski definition) is 1. The molecule has 28 heavy (non-hydrogen) atoms. The molecule has 2 aromatic carbocycles. The molecule has 0 atom stereocenters. The lowest BCUT2D eigenvalue weighted by molar-refractivity contribution is 0.391. The molecule has 6 nitrogen and oxygen atoms in total. The van der Waals surface area contributed by atoms with Crippen molar-refractivity contribution in [1.29, 1.82) is 0 Å². The molecule has 140 valence electrons. The van der Waals surface area contributed by atoms with Crippen LogP contribution in [-0.4, -0.2) is 20.1 Å². The van der Waals surface area contributed by atoms with Crippen molar-refractivity contribution >= 4 is 11.8 Å². The van der Waals surface area contributed by atoms with Crippen molar-refractivity contribution in [3.8, 4) is 22.6 Å². The van der Waals surface area contributed by atoms with Crippen LogP contribution < -0.4 is 5.56 Å². The Kier molecular flexibility index (Phi) is 5.34. The molecule has 0 radical (unpaired) electrons. The number of aryl methyl sites for hydroxylation is 1. The molecule has 0 aliphatic heterocycles. The van der Waals surface area contributed by atoms with Crippen molar-refractivity contribution in [2.75, 3.05) is 0 Å². The van der Waals surface area contributed by atoms with Gasteiger partial charge in [-0.1, -0.05) is 78.4 Å². The van der Waals surface area contributed by atoms with Crippen LogP contribution >= 0.6 is 11.8 Å². The molecule has 4 aromatic rings. The predicted molar refractivity (Wildman–Crippen MR) is 109 cm³/mol. The molecule has 0 saturated carbocycles. The number of aromatic nitrogens is 4. The van der Waals surface area contributed by atoms with Crippen molar-refractivity contribution in [2.24, 2.45) is 0 Å². The maximum Gasteiger partial charge on any atom is 0.252 e. The number of thioether (sulfide) groups is 1. The third kappa shape index (κ3) is 4.20. The predicted octanol–water partition coefficient (Wildman–Crippen LogP) is 4.34. The SMILES string of the molecule is CCc1ccc(-c2cc(=O)[nH]c(SCc3nc(-c4ccccc4)no3)n2)cc1. The fraction of sp³-hybridized carbons (Fsp3) is 0.143. The average Bonchev–Trinajstić information content (AvgIpc) is 3.22. The smallest absolute Gasteiger partial charge is 0.252 e. The Morgan fingerprint density at radius 3 is 2.54 bits per heavy atom. The highest BCUT2D eigenvalue weighted by Gasteiger charge is 2.11. The summed E-state index contributed by atoms with van der Waals surface area (Å²) in [6.07, 6.45) is 0.972. The van der Waals surface area contributed by atoms with Gasteiger partial charge in [0.15, 0.2) is 5.16 Å². The lowest BCUT2D eigenvalue weighted by Crippen LogP contribution is -2.08. The molecule has 2 aromatic heterocycles. The fourth-order valence-corrected chi connectivity index (χ4v) is 3.42. The summed E-state index contributed by atoms with van der Waals surface area (Å²) >= 11 is 1.35. The van der Waals surface area contributed by atoms with Gasteiger partial charge in [0.05, 0.1) is 11.4 Å². The van der Waals surface area contributed by atoms with Gasteiger partial charge < -0.3 is 9.51 Å². The summed E-state index contributed by atoms with van der Waals surface area (Å²) in [5.74, 6) is 1.44. The highest BCUT2D eigenvalue weighted by Crippen LogP contribution is 2.23.